The molecule has 34 heavy (non-hydrogen) atoms. The lowest BCUT2D eigenvalue weighted by Crippen LogP contribution is -2.37. The number of hydrogen-bond acceptors (Lipinski definition) is 8. The second kappa shape index (κ2) is 10.8. The van der Waals surface area contributed by atoms with E-state index < -0.39 is 34.4 Å². The number of esters is 2. The summed E-state index contributed by atoms with van der Waals surface area (Å²) < 4.78 is 35.0. The van der Waals surface area contributed by atoms with E-state index in [-0.39, 0.29) is 28.4 Å². The molecular weight excluding hydrogens is 466 g/mol. The van der Waals surface area contributed by atoms with Gasteiger partial charge in [-0.15, -0.1) is 0 Å². The maximum atomic E-state index is 12.8. The fraction of sp³-hybridized carbons (Fsp3) is 0.273. The second-order valence-electron chi connectivity index (χ2n) is 7.31. The van der Waals surface area contributed by atoms with E-state index >= 15 is 0 Å². The molecule has 0 spiro atoms. The molecule has 0 bridgehead atoms. The Labute approximate surface area is 197 Å². The van der Waals surface area contributed by atoms with E-state index in [0.717, 1.165) is 17.7 Å². The van der Waals surface area contributed by atoms with E-state index in [2.05, 4.69) is 10.1 Å². The van der Waals surface area contributed by atoms with Crippen LogP contribution in [0, 0.1) is 0 Å². The molecule has 0 heterocycles. The lowest BCUT2D eigenvalue weighted by molar-refractivity contribution is -0.114. The molecule has 0 radical (unpaired) electrons. The minimum atomic E-state index is -3.90. The number of sulfonamides is 1. The summed E-state index contributed by atoms with van der Waals surface area (Å²) >= 11 is 0. The van der Waals surface area contributed by atoms with Crippen LogP contribution >= 0.6 is 0 Å². The van der Waals surface area contributed by atoms with Crippen LogP contribution < -0.4 is 9.62 Å². The van der Waals surface area contributed by atoms with Crippen LogP contribution in [0.4, 0.5) is 11.4 Å². The quantitative estimate of drug-likeness (QED) is 0.546. The molecule has 1 N–H and O–H groups in total. The van der Waals surface area contributed by atoms with E-state index in [1.54, 1.807) is 14.1 Å². The molecule has 2 aromatic rings. The summed E-state index contributed by atoms with van der Waals surface area (Å²) in [5.74, 6) is -2.52. The third-order valence-corrected chi connectivity index (χ3v) is 5.76. The number of anilines is 2. The zero-order chi connectivity index (χ0) is 25.6. The fourth-order valence-electron chi connectivity index (χ4n) is 2.93. The van der Waals surface area contributed by atoms with Crippen molar-refractivity contribution in [1.29, 1.82) is 0 Å². The number of carbonyl (C=O) groups excluding carboxylic acids is 4. The molecule has 12 heteroatoms. The van der Waals surface area contributed by atoms with Gasteiger partial charge >= 0.3 is 11.9 Å². The van der Waals surface area contributed by atoms with Gasteiger partial charge in [-0.05, 0) is 42.5 Å². The maximum Gasteiger partial charge on any atom is 0.339 e. The van der Waals surface area contributed by atoms with Crippen molar-refractivity contribution < 1.29 is 37.1 Å². The fourth-order valence-corrected chi connectivity index (χ4v) is 3.79. The molecule has 2 amide bonds. The van der Waals surface area contributed by atoms with Crippen molar-refractivity contribution in [2.24, 2.45) is 0 Å². The van der Waals surface area contributed by atoms with Gasteiger partial charge in [-0.3, -0.25) is 13.9 Å². The van der Waals surface area contributed by atoms with Crippen LogP contribution in [0.15, 0.2) is 42.5 Å². The van der Waals surface area contributed by atoms with Gasteiger partial charge in [-0.2, -0.15) is 0 Å². The minimum Gasteiger partial charge on any atom is -0.465 e. The smallest absolute Gasteiger partial charge is 0.339 e. The summed E-state index contributed by atoms with van der Waals surface area (Å²) in [4.78, 5) is 50.1. The third-order valence-electron chi connectivity index (χ3n) is 4.62. The van der Waals surface area contributed by atoms with Crippen LogP contribution in [-0.4, -0.2) is 78.2 Å². The molecule has 0 aliphatic rings. The number of nitrogens with one attached hydrogen (secondary N) is 1. The molecule has 0 saturated carbocycles. The zero-order valence-corrected chi connectivity index (χ0v) is 20.1. The number of rotatable bonds is 8. The topological polar surface area (TPSA) is 139 Å². The average Bonchev–Trinajstić information content (AvgIpc) is 2.80. The van der Waals surface area contributed by atoms with E-state index in [0.29, 0.717) is 5.56 Å². The van der Waals surface area contributed by atoms with Crippen molar-refractivity contribution >= 4 is 45.2 Å². The van der Waals surface area contributed by atoms with Crippen LogP contribution in [0.25, 0.3) is 0 Å². The van der Waals surface area contributed by atoms with Gasteiger partial charge in [-0.1, -0.05) is 0 Å². The first kappa shape index (κ1) is 26.3. The standard InChI is InChI=1S/C22H25N3O8S/c1-24(2)20(27)14-6-9-16(10-7-14)25(34(5,30)31)13-19(26)23-18-12-15(21(28)32-3)8-11-17(18)22(29)33-4/h6-12H,13H2,1-5H3,(H,23,26). The molecule has 2 rings (SSSR count). The number of carbonyl (C=O) groups is 4. The summed E-state index contributed by atoms with van der Waals surface area (Å²) in [6.45, 7) is -0.636. The lowest BCUT2D eigenvalue weighted by atomic mass is 10.1. The number of ether oxygens (including phenoxy) is 2. The molecule has 0 aliphatic carbocycles. The Balaban J connectivity index is 2.35. The lowest BCUT2D eigenvalue weighted by Gasteiger charge is -2.22. The Morgan fingerprint density at radius 3 is 1.94 bits per heavy atom. The van der Waals surface area contributed by atoms with Crippen molar-refractivity contribution in [1.82, 2.24) is 4.90 Å². The highest BCUT2D eigenvalue weighted by Crippen LogP contribution is 2.22. The number of benzene rings is 2. The van der Waals surface area contributed by atoms with Crippen molar-refractivity contribution in [3.63, 3.8) is 0 Å². The van der Waals surface area contributed by atoms with Gasteiger partial charge in [0.05, 0.1) is 43.0 Å². The highest BCUT2D eigenvalue weighted by molar-refractivity contribution is 7.92. The minimum absolute atomic E-state index is 0.0408. The maximum absolute atomic E-state index is 12.8. The summed E-state index contributed by atoms with van der Waals surface area (Å²) in [5, 5.41) is 2.45. The van der Waals surface area contributed by atoms with E-state index in [1.807, 2.05) is 0 Å². The molecule has 0 saturated heterocycles. The molecule has 0 atom stereocenters. The summed E-state index contributed by atoms with van der Waals surface area (Å²) in [7, 11) is 1.60. The number of nitrogens with zero attached hydrogens (tertiary/aromatic N) is 2. The van der Waals surface area contributed by atoms with Crippen LogP contribution in [-0.2, 0) is 24.3 Å². The van der Waals surface area contributed by atoms with Crippen LogP contribution in [0.3, 0.4) is 0 Å². The Hall–Kier alpha value is -3.93. The van der Waals surface area contributed by atoms with Crippen LogP contribution in [0.2, 0.25) is 0 Å². The molecule has 0 unspecified atom stereocenters. The molecule has 11 nitrogen and oxygen atoms in total. The van der Waals surface area contributed by atoms with Gasteiger partial charge in [0, 0.05) is 19.7 Å². The SMILES string of the molecule is COC(=O)c1ccc(C(=O)OC)c(NC(=O)CN(c2ccc(C(=O)N(C)C)cc2)S(C)(=O)=O)c1. The Bertz CT molecular complexity index is 1210. The first-order valence-electron chi connectivity index (χ1n) is 9.79. The second-order valence-corrected chi connectivity index (χ2v) is 9.21. The normalized spacial score (nSPS) is 10.7. The molecular formula is C22H25N3O8S. The largest absolute Gasteiger partial charge is 0.465 e. The first-order valence-corrected chi connectivity index (χ1v) is 11.6. The van der Waals surface area contributed by atoms with Crippen molar-refractivity contribution in [2.45, 2.75) is 0 Å². The highest BCUT2D eigenvalue weighted by Gasteiger charge is 2.23. The van der Waals surface area contributed by atoms with Crippen LogP contribution in [0.1, 0.15) is 31.1 Å². The van der Waals surface area contributed by atoms with Gasteiger partial charge < -0.3 is 19.7 Å². The van der Waals surface area contributed by atoms with Crippen molar-refractivity contribution in [3.8, 4) is 0 Å². The number of amides is 2. The van der Waals surface area contributed by atoms with Crippen molar-refractivity contribution in [3.05, 3.63) is 59.2 Å². The molecule has 0 aromatic heterocycles. The molecule has 0 aliphatic heterocycles. The monoisotopic (exact) mass is 491 g/mol. The van der Waals surface area contributed by atoms with Gasteiger partial charge in [-0.25, -0.2) is 18.0 Å². The predicted octanol–water partition coefficient (Wildman–Crippen LogP) is 1.37. The zero-order valence-electron chi connectivity index (χ0n) is 19.3. The molecule has 0 fully saturated rings. The summed E-state index contributed by atoms with van der Waals surface area (Å²) in [6, 6.07) is 9.54. The Morgan fingerprint density at radius 2 is 1.44 bits per heavy atom. The van der Waals surface area contributed by atoms with Gasteiger partial charge in [0.1, 0.15) is 6.54 Å². The van der Waals surface area contributed by atoms with Gasteiger partial charge in [0.15, 0.2) is 0 Å². The average molecular weight is 492 g/mol. The number of methoxy groups -OCH3 is 2. The van der Waals surface area contributed by atoms with E-state index in [1.165, 1.54) is 54.5 Å². The Morgan fingerprint density at radius 1 is 0.882 bits per heavy atom. The third kappa shape index (κ3) is 6.32. The van der Waals surface area contributed by atoms with E-state index in [4.69, 9.17) is 4.74 Å². The Kier molecular flexibility index (Phi) is 8.36. The highest BCUT2D eigenvalue weighted by atomic mass is 32.2. The van der Waals surface area contributed by atoms with Crippen molar-refractivity contribution in [2.75, 3.05) is 50.7 Å². The molecule has 182 valence electrons. The van der Waals surface area contributed by atoms with Crippen LogP contribution in [0.5, 0.6) is 0 Å². The number of hydrogen-bond donors (Lipinski definition) is 1. The summed E-state index contributed by atoms with van der Waals surface area (Å²) in [5.41, 5.74) is 0.464. The summed E-state index contributed by atoms with van der Waals surface area (Å²) in [6.07, 6.45) is 0.927. The van der Waals surface area contributed by atoms with E-state index in [9.17, 15) is 27.6 Å². The van der Waals surface area contributed by atoms with Gasteiger partial charge in [0.2, 0.25) is 15.9 Å². The molecule has 2 aromatic carbocycles. The van der Waals surface area contributed by atoms with Gasteiger partial charge in [0.25, 0.3) is 5.91 Å². The first-order chi connectivity index (χ1) is 15.9. The predicted molar refractivity (Wildman–Crippen MR) is 124 cm³/mol.